The normalized spacial score (nSPS) is 10.6. The van der Waals surface area contributed by atoms with Crippen LogP contribution in [-0.4, -0.2) is 16.2 Å². The van der Waals surface area contributed by atoms with Gasteiger partial charge < -0.3 is 5.32 Å². The van der Waals surface area contributed by atoms with Gasteiger partial charge in [-0.15, -0.1) is 0 Å². The van der Waals surface area contributed by atoms with Crippen molar-refractivity contribution < 1.29 is 9.42 Å². The van der Waals surface area contributed by atoms with Gasteiger partial charge in [0.1, 0.15) is 11.0 Å². The Morgan fingerprint density at radius 3 is 3.00 bits per heavy atom. The molecule has 0 aliphatic heterocycles. The fraction of sp³-hybridized carbons (Fsp3) is 0.364. The molecule has 84 valence electrons. The van der Waals surface area contributed by atoms with E-state index in [2.05, 4.69) is 27.2 Å². The molecule has 0 fully saturated rings. The number of hydrogen-bond donors (Lipinski definition) is 1. The molecule has 0 atom stereocenters. The van der Waals surface area contributed by atoms with Crippen molar-refractivity contribution >= 4 is 22.6 Å². The third-order valence-corrected chi connectivity index (χ3v) is 2.29. The number of aromatic nitrogens is 2. The molecular weight excluding hydrogens is 206 g/mol. The second kappa shape index (κ2) is 4.74. The van der Waals surface area contributed by atoms with Crippen molar-refractivity contribution in [2.75, 3.05) is 5.32 Å². The minimum Gasteiger partial charge on any atom is -0.326 e. The molecule has 0 bridgehead atoms. The summed E-state index contributed by atoms with van der Waals surface area (Å²) in [7, 11) is 0. The molecule has 0 radical (unpaired) electrons. The Balaban J connectivity index is 2.06. The van der Waals surface area contributed by atoms with E-state index >= 15 is 0 Å². The molecule has 1 aromatic carbocycles. The molecule has 16 heavy (non-hydrogen) atoms. The van der Waals surface area contributed by atoms with E-state index in [0.29, 0.717) is 17.5 Å². The fourth-order valence-corrected chi connectivity index (χ4v) is 1.42. The van der Waals surface area contributed by atoms with E-state index in [0.717, 1.165) is 18.5 Å². The summed E-state index contributed by atoms with van der Waals surface area (Å²) in [6, 6.07) is 5.30. The maximum absolute atomic E-state index is 11.5. The Morgan fingerprint density at radius 1 is 1.38 bits per heavy atom. The lowest BCUT2D eigenvalue weighted by atomic mass is 10.2. The lowest BCUT2D eigenvalue weighted by Crippen LogP contribution is -2.10. The summed E-state index contributed by atoms with van der Waals surface area (Å²) in [4.78, 5) is 11.5. The molecule has 1 aromatic heterocycles. The summed E-state index contributed by atoms with van der Waals surface area (Å²) in [5.41, 5.74) is 2.06. The molecule has 2 rings (SSSR count). The van der Waals surface area contributed by atoms with E-state index in [4.69, 9.17) is 0 Å². The standard InChI is InChI=1S/C11H13N3O2/c1-2-3-4-11(15)12-8-5-6-9-10(7-8)14-16-13-9/h5-7H,2-4H2,1H3,(H,12,15). The number of carbonyl (C=O) groups excluding carboxylic acids is 1. The summed E-state index contributed by atoms with van der Waals surface area (Å²) >= 11 is 0. The molecule has 1 heterocycles. The van der Waals surface area contributed by atoms with Crippen LogP contribution in [0.2, 0.25) is 0 Å². The lowest BCUT2D eigenvalue weighted by molar-refractivity contribution is -0.116. The highest BCUT2D eigenvalue weighted by Gasteiger charge is 2.04. The minimum absolute atomic E-state index is 0.0256. The number of unbranched alkanes of at least 4 members (excludes halogenated alkanes) is 1. The van der Waals surface area contributed by atoms with E-state index in [-0.39, 0.29) is 5.91 Å². The van der Waals surface area contributed by atoms with Crippen molar-refractivity contribution in [2.24, 2.45) is 0 Å². The van der Waals surface area contributed by atoms with Gasteiger partial charge in [-0.05, 0) is 34.9 Å². The van der Waals surface area contributed by atoms with Crippen LogP contribution in [0.25, 0.3) is 11.0 Å². The number of nitrogens with zero attached hydrogens (tertiary/aromatic N) is 2. The smallest absolute Gasteiger partial charge is 0.224 e. The number of anilines is 1. The average molecular weight is 219 g/mol. The average Bonchev–Trinajstić information content (AvgIpc) is 2.73. The maximum atomic E-state index is 11.5. The number of nitrogens with one attached hydrogen (secondary N) is 1. The Morgan fingerprint density at radius 2 is 2.19 bits per heavy atom. The summed E-state index contributed by atoms with van der Waals surface area (Å²) < 4.78 is 4.58. The fourth-order valence-electron chi connectivity index (χ4n) is 1.42. The van der Waals surface area contributed by atoms with Crippen LogP contribution in [0, 0.1) is 0 Å². The summed E-state index contributed by atoms with van der Waals surface area (Å²) in [6.45, 7) is 2.06. The van der Waals surface area contributed by atoms with E-state index < -0.39 is 0 Å². The third-order valence-electron chi connectivity index (χ3n) is 2.29. The topological polar surface area (TPSA) is 68.0 Å². The molecular formula is C11H13N3O2. The molecule has 0 aliphatic carbocycles. The van der Waals surface area contributed by atoms with Gasteiger partial charge in [-0.25, -0.2) is 4.63 Å². The predicted molar refractivity (Wildman–Crippen MR) is 60.0 cm³/mol. The van der Waals surface area contributed by atoms with Gasteiger partial charge in [0.25, 0.3) is 0 Å². The van der Waals surface area contributed by atoms with Gasteiger partial charge in [-0.3, -0.25) is 4.79 Å². The van der Waals surface area contributed by atoms with Gasteiger partial charge in [0.2, 0.25) is 5.91 Å². The Labute approximate surface area is 92.8 Å². The Bertz CT molecular complexity index is 493. The largest absolute Gasteiger partial charge is 0.326 e. The first kappa shape index (κ1) is 10.6. The molecule has 0 saturated heterocycles. The molecule has 1 N–H and O–H groups in total. The van der Waals surface area contributed by atoms with Gasteiger partial charge in [0.05, 0.1) is 0 Å². The first-order chi connectivity index (χ1) is 7.79. The van der Waals surface area contributed by atoms with Gasteiger partial charge in [-0.2, -0.15) is 0 Å². The molecule has 5 heteroatoms. The lowest BCUT2D eigenvalue weighted by Gasteiger charge is -2.03. The number of carbonyl (C=O) groups is 1. The summed E-state index contributed by atoms with van der Waals surface area (Å²) in [6.07, 6.45) is 2.46. The van der Waals surface area contributed by atoms with Crippen LogP contribution in [0.15, 0.2) is 22.8 Å². The van der Waals surface area contributed by atoms with Crippen LogP contribution < -0.4 is 5.32 Å². The number of amides is 1. The highest BCUT2D eigenvalue weighted by Crippen LogP contribution is 2.15. The van der Waals surface area contributed by atoms with E-state index in [1.807, 2.05) is 0 Å². The van der Waals surface area contributed by atoms with Crippen molar-refractivity contribution in [3.8, 4) is 0 Å². The second-order valence-corrected chi connectivity index (χ2v) is 3.62. The number of benzene rings is 1. The van der Waals surface area contributed by atoms with Gasteiger partial charge in [-0.1, -0.05) is 13.3 Å². The molecule has 0 saturated carbocycles. The quantitative estimate of drug-likeness (QED) is 0.857. The number of rotatable bonds is 4. The van der Waals surface area contributed by atoms with Gasteiger partial charge >= 0.3 is 0 Å². The van der Waals surface area contributed by atoms with Crippen LogP contribution in [0.3, 0.4) is 0 Å². The Kier molecular flexibility index (Phi) is 3.14. The van der Waals surface area contributed by atoms with E-state index in [9.17, 15) is 4.79 Å². The first-order valence-corrected chi connectivity index (χ1v) is 5.32. The van der Waals surface area contributed by atoms with Gasteiger partial charge in [0.15, 0.2) is 0 Å². The zero-order valence-corrected chi connectivity index (χ0v) is 9.06. The molecule has 1 amide bonds. The highest BCUT2D eigenvalue weighted by molar-refractivity contribution is 5.92. The zero-order valence-electron chi connectivity index (χ0n) is 9.06. The SMILES string of the molecule is CCCCC(=O)Nc1ccc2nonc2c1. The number of fused-ring (bicyclic) bond motifs is 1. The van der Waals surface area contributed by atoms with Crippen molar-refractivity contribution in [1.82, 2.24) is 10.3 Å². The zero-order chi connectivity index (χ0) is 11.4. The van der Waals surface area contributed by atoms with Crippen molar-refractivity contribution in [1.29, 1.82) is 0 Å². The molecule has 0 spiro atoms. The number of hydrogen-bond acceptors (Lipinski definition) is 4. The van der Waals surface area contributed by atoms with Crippen LogP contribution in [0.4, 0.5) is 5.69 Å². The second-order valence-electron chi connectivity index (χ2n) is 3.62. The predicted octanol–water partition coefficient (Wildman–Crippen LogP) is 2.35. The van der Waals surface area contributed by atoms with E-state index in [1.54, 1.807) is 18.2 Å². The minimum atomic E-state index is 0.0256. The first-order valence-electron chi connectivity index (χ1n) is 5.32. The molecule has 0 unspecified atom stereocenters. The van der Waals surface area contributed by atoms with Crippen LogP contribution in [0.1, 0.15) is 26.2 Å². The van der Waals surface area contributed by atoms with Crippen LogP contribution in [-0.2, 0) is 4.79 Å². The highest BCUT2D eigenvalue weighted by atomic mass is 16.6. The molecule has 5 nitrogen and oxygen atoms in total. The monoisotopic (exact) mass is 219 g/mol. The van der Waals surface area contributed by atoms with E-state index in [1.165, 1.54) is 0 Å². The maximum Gasteiger partial charge on any atom is 0.224 e. The third kappa shape index (κ3) is 2.36. The van der Waals surface area contributed by atoms with Crippen LogP contribution >= 0.6 is 0 Å². The summed E-state index contributed by atoms with van der Waals surface area (Å²) in [5.74, 6) is 0.0256. The van der Waals surface area contributed by atoms with Crippen LogP contribution in [0.5, 0.6) is 0 Å². The van der Waals surface area contributed by atoms with Crippen molar-refractivity contribution in [2.45, 2.75) is 26.2 Å². The summed E-state index contributed by atoms with van der Waals surface area (Å²) in [5, 5.41) is 10.2. The Hall–Kier alpha value is -1.91. The van der Waals surface area contributed by atoms with Crippen molar-refractivity contribution in [3.05, 3.63) is 18.2 Å². The van der Waals surface area contributed by atoms with Gasteiger partial charge in [0, 0.05) is 12.1 Å². The van der Waals surface area contributed by atoms with Crippen molar-refractivity contribution in [3.63, 3.8) is 0 Å². The molecule has 2 aromatic rings. The molecule has 0 aliphatic rings.